The minimum atomic E-state index is -0.773. The first-order valence-electron chi connectivity index (χ1n) is 7.36. The van der Waals surface area contributed by atoms with Gasteiger partial charge in [0.15, 0.2) is 0 Å². The maximum Gasteiger partial charge on any atom is 0.0860 e. The first-order valence-corrected chi connectivity index (χ1v) is 7.36. The summed E-state index contributed by atoms with van der Waals surface area (Å²) in [7, 11) is 0. The van der Waals surface area contributed by atoms with Crippen molar-refractivity contribution in [1.29, 1.82) is 5.26 Å². The van der Waals surface area contributed by atoms with Crippen molar-refractivity contribution in [3.05, 3.63) is 0 Å². The van der Waals surface area contributed by atoms with Gasteiger partial charge in [0.2, 0.25) is 0 Å². The van der Waals surface area contributed by atoms with Gasteiger partial charge in [-0.15, -0.1) is 0 Å². The third-order valence-electron chi connectivity index (χ3n) is 5.62. The summed E-state index contributed by atoms with van der Waals surface area (Å²) in [5, 5.41) is 20.4. The molecule has 2 rings (SSSR count). The Hall–Kier alpha value is -0.550. The zero-order valence-corrected chi connectivity index (χ0v) is 12.3. The molecule has 0 aromatic heterocycles. The summed E-state index contributed by atoms with van der Waals surface area (Å²) < 4.78 is 0. The third-order valence-corrected chi connectivity index (χ3v) is 5.62. The summed E-state index contributed by atoms with van der Waals surface area (Å²) in [5.74, 6) is 1.05. The van der Waals surface area contributed by atoms with E-state index in [9.17, 15) is 10.4 Å². The first kappa shape index (κ1) is 13.9. The molecule has 1 atom stereocenters. The van der Waals surface area contributed by atoms with E-state index < -0.39 is 11.0 Å². The van der Waals surface area contributed by atoms with Gasteiger partial charge in [0.05, 0.1) is 17.1 Å². The average molecular weight is 249 g/mol. The summed E-state index contributed by atoms with van der Waals surface area (Å²) in [6, 6.07) is 2.50. The third kappa shape index (κ3) is 2.18. The molecular formula is C16H27NO. The second-order valence-electron chi connectivity index (χ2n) is 7.76. The van der Waals surface area contributed by atoms with Gasteiger partial charge in [0.1, 0.15) is 0 Å². The molecule has 18 heavy (non-hydrogen) atoms. The molecule has 0 amide bonds. The fourth-order valence-corrected chi connectivity index (χ4v) is 3.74. The highest BCUT2D eigenvalue weighted by molar-refractivity contribution is 5.16. The zero-order valence-electron chi connectivity index (χ0n) is 12.3. The molecule has 102 valence electrons. The molecule has 0 aromatic rings. The van der Waals surface area contributed by atoms with Crippen LogP contribution in [0.2, 0.25) is 0 Å². The van der Waals surface area contributed by atoms with Crippen molar-refractivity contribution in [3.63, 3.8) is 0 Å². The van der Waals surface area contributed by atoms with Crippen molar-refractivity contribution < 1.29 is 5.11 Å². The molecule has 0 aromatic carbocycles. The Kier molecular flexibility index (Phi) is 3.26. The van der Waals surface area contributed by atoms with Crippen molar-refractivity contribution >= 4 is 0 Å². The fraction of sp³-hybridized carbons (Fsp3) is 0.938. The Morgan fingerprint density at radius 2 is 1.50 bits per heavy atom. The van der Waals surface area contributed by atoms with Crippen LogP contribution >= 0.6 is 0 Å². The number of aliphatic hydroxyl groups is 1. The van der Waals surface area contributed by atoms with E-state index in [-0.39, 0.29) is 0 Å². The molecule has 1 unspecified atom stereocenters. The van der Waals surface area contributed by atoms with Crippen LogP contribution in [0.15, 0.2) is 0 Å². The molecule has 0 spiro atoms. The Bertz CT molecular complexity index is 346. The molecule has 0 heterocycles. The molecular weight excluding hydrogens is 222 g/mol. The van der Waals surface area contributed by atoms with E-state index in [1.165, 1.54) is 0 Å². The molecule has 0 radical (unpaired) electrons. The topological polar surface area (TPSA) is 44.0 Å². The number of hydrogen-bond acceptors (Lipinski definition) is 2. The number of rotatable bonds is 2. The SMILES string of the molecule is CC(C)(C)C1CCC(C#N)(C(C)(O)C2CC2)CC1. The van der Waals surface area contributed by atoms with Crippen LogP contribution in [0.25, 0.3) is 0 Å². The highest BCUT2D eigenvalue weighted by Gasteiger charge is 2.56. The highest BCUT2D eigenvalue weighted by atomic mass is 16.3. The summed E-state index contributed by atoms with van der Waals surface area (Å²) in [4.78, 5) is 0. The molecule has 2 aliphatic rings. The zero-order chi connectivity index (χ0) is 13.6. The molecule has 0 aliphatic heterocycles. The van der Waals surface area contributed by atoms with Crippen LogP contribution in [0.5, 0.6) is 0 Å². The molecule has 2 fully saturated rings. The van der Waals surface area contributed by atoms with E-state index in [1.54, 1.807) is 0 Å². The second-order valence-corrected chi connectivity index (χ2v) is 7.76. The van der Waals surface area contributed by atoms with Crippen LogP contribution in [0.1, 0.15) is 66.2 Å². The lowest BCUT2D eigenvalue weighted by atomic mass is 9.58. The summed E-state index contributed by atoms with van der Waals surface area (Å²) in [6.07, 6.45) is 6.10. The maximum absolute atomic E-state index is 10.8. The molecule has 2 saturated carbocycles. The quantitative estimate of drug-likeness (QED) is 0.806. The Morgan fingerprint density at radius 3 is 1.83 bits per heavy atom. The summed E-state index contributed by atoms with van der Waals surface area (Å²) in [5.41, 5.74) is -0.937. The number of hydrogen-bond donors (Lipinski definition) is 1. The van der Waals surface area contributed by atoms with Crippen molar-refractivity contribution in [2.45, 2.75) is 71.8 Å². The number of nitrogens with zero attached hydrogens (tertiary/aromatic N) is 1. The second kappa shape index (κ2) is 4.23. The predicted molar refractivity (Wildman–Crippen MR) is 72.8 cm³/mol. The predicted octanol–water partition coefficient (Wildman–Crippen LogP) is 3.89. The van der Waals surface area contributed by atoms with Crippen molar-refractivity contribution in [1.82, 2.24) is 0 Å². The average Bonchev–Trinajstić information content (AvgIpc) is 3.11. The van der Waals surface area contributed by atoms with E-state index in [0.29, 0.717) is 17.3 Å². The van der Waals surface area contributed by atoms with Gasteiger partial charge in [-0.3, -0.25) is 0 Å². The molecule has 1 N–H and O–H groups in total. The molecule has 2 nitrogen and oxygen atoms in total. The van der Waals surface area contributed by atoms with Crippen LogP contribution in [0.4, 0.5) is 0 Å². The summed E-state index contributed by atoms with van der Waals surface area (Å²) >= 11 is 0. The van der Waals surface area contributed by atoms with Crippen LogP contribution in [0.3, 0.4) is 0 Å². The molecule has 2 heteroatoms. The Labute approximate surface area is 111 Å². The highest BCUT2D eigenvalue weighted by Crippen LogP contribution is 2.56. The summed E-state index contributed by atoms with van der Waals surface area (Å²) in [6.45, 7) is 8.77. The monoisotopic (exact) mass is 249 g/mol. The van der Waals surface area contributed by atoms with Crippen LogP contribution in [-0.4, -0.2) is 10.7 Å². The van der Waals surface area contributed by atoms with Crippen LogP contribution in [-0.2, 0) is 0 Å². The fourth-order valence-electron chi connectivity index (χ4n) is 3.74. The van der Waals surface area contributed by atoms with E-state index in [4.69, 9.17) is 0 Å². The Morgan fingerprint density at radius 1 is 1.00 bits per heavy atom. The van der Waals surface area contributed by atoms with Gasteiger partial charge in [0.25, 0.3) is 0 Å². The van der Waals surface area contributed by atoms with Gasteiger partial charge in [-0.2, -0.15) is 5.26 Å². The van der Waals surface area contributed by atoms with E-state index in [0.717, 1.165) is 38.5 Å². The van der Waals surface area contributed by atoms with Gasteiger partial charge >= 0.3 is 0 Å². The molecule has 0 bridgehead atoms. The van der Waals surface area contributed by atoms with Gasteiger partial charge in [-0.25, -0.2) is 0 Å². The van der Waals surface area contributed by atoms with Crippen LogP contribution < -0.4 is 0 Å². The van der Waals surface area contributed by atoms with Crippen molar-refractivity contribution in [3.8, 4) is 6.07 Å². The Balaban J connectivity index is 2.12. The van der Waals surface area contributed by atoms with E-state index >= 15 is 0 Å². The van der Waals surface area contributed by atoms with Crippen molar-refractivity contribution in [2.75, 3.05) is 0 Å². The smallest absolute Gasteiger partial charge is 0.0860 e. The van der Waals surface area contributed by atoms with Gasteiger partial charge in [0, 0.05) is 0 Å². The van der Waals surface area contributed by atoms with Crippen LogP contribution in [0, 0.1) is 34.0 Å². The lowest BCUT2D eigenvalue weighted by Gasteiger charge is -2.47. The van der Waals surface area contributed by atoms with Gasteiger partial charge in [-0.1, -0.05) is 20.8 Å². The van der Waals surface area contributed by atoms with E-state index in [2.05, 4.69) is 26.8 Å². The van der Waals surface area contributed by atoms with E-state index in [1.807, 2.05) is 6.92 Å². The van der Waals surface area contributed by atoms with Gasteiger partial charge in [-0.05, 0) is 62.7 Å². The minimum absolute atomic E-state index is 0.326. The molecule has 2 aliphatic carbocycles. The first-order chi connectivity index (χ1) is 8.23. The lowest BCUT2D eigenvalue weighted by molar-refractivity contribution is -0.0864. The van der Waals surface area contributed by atoms with Crippen molar-refractivity contribution in [2.24, 2.45) is 22.7 Å². The largest absolute Gasteiger partial charge is 0.388 e. The molecule has 0 saturated heterocycles. The number of nitriles is 1. The normalized spacial score (nSPS) is 36.8. The maximum atomic E-state index is 10.8. The lowest BCUT2D eigenvalue weighted by Crippen LogP contribution is -2.49. The standard InChI is InChI=1S/C16H27NO/c1-14(2,3)12-7-9-16(11-17,10-8-12)15(4,18)13-5-6-13/h12-13,18H,5-10H2,1-4H3. The van der Waals surface area contributed by atoms with Gasteiger partial charge < -0.3 is 5.11 Å². The minimum Gasteiger partial charge on any atom is -0.388 e.